The predicted octanol–water partition coefficient (Wildman–Crippen LogP) is -3.60. The molecular formula is C20H27Cl3SiTi. The van der Waals surface area contributed by atoms with Crippen molar-refractivity contribution in [2.24, 2.45) is 0 Å². The second kappa shape index (κ2) is 10.7. The third kappa shape index (κ3) is 4.86. The maximum absolute atomic E-state index is 2.67. The minimum Gasteiger partial charge on any atom is -1.00 e. The first-order valence-corrected chi connectivity index (χ1v) is 12.1. The Bertz CT molecular complexity index is 621. The van der Waals surface area contributed by atoms with Crippen LogP contribution < -0.4 is 42.4 Å². The predicted molar refractivity (Wildman–Crippen MR) is 94.5 cm³/mol. The van der Waals surface area contributed by atoms with Crippen molar-refractivity contribution in [2.45, 2.75) is 64.5 Å². The molecule has 0 radical (unpaired) electrons. The Morgan fingerprint density at radius 3 is 1.96 bits per heavy atom. The van der Waals surface area contributed by atoms with Crippen LogP contribution in [0.5, 0.6) is 0 Å². The summed E-state index contributed by atoms with van der Waals surface area (Å²) in [5.74, 6) is 0. The van der Waals surface area contributed by atoms with Crippen LogP contribution in [0.4, 0.5) is 0 Å². The molecule has 0 saturated heterocycles. The Labute approximate surface area is 185 Å². The minimum atomic E-state index is -1.64. The van der Waals surface area contributed by atoms with Crippen molar-refractivity contribution in [1.82, 2.24) is 0 Å². The van der Waals surface area contributed by atoms with Crippen LogP contribution >= 0.6 is 0 Å². The average Bonchev–Trinajstić information content (AvgIpc) is 2.81. The van der Waals surface area contributed by atoms with Crippen LogP contribution in [0.15, 0.2) is 50.6 Å². The van der Waals surface area contributed by atoms with E-state index < -0.39 is 8.07 Å². The van der Waals surface area contributed by atoms with Gasteiger partial charge < -0.3 is 37.2 Å². The van der Waals surface area contributed by atoms with E-state index in [2.05, 4.69) is 71.2 Å². The van der Waals surface area contributed by atoms with E-state index in [1.54, 1.807) is 25.4 Å². The molecule has 0 heterocycles. The zero-order valence-electron chi connectivity index (χ0n) is 15.3. The molecule has 0 bridgehead atoms. The number of allylic oxidation sites excluding steroid dienone is 4. The Morgan fingerprint density at radius 2 is 1.48 bits per heavy atom. The summed E-state index contributed by atoms with van der Waals surface area (Å²) >= 11 is 2.34. The van der Waals surface area contributed by atoms with Gasteiger partial charge >= 0.3 is 149 Å². The van der Waals surface area contributed by atoms with Gasteiger partial charge in [-0.05, 0) is 0 Å². The number of hydrogen-bond acceptors (Lipinski definition) is 0. The second-order valence-electron chi connectivity index (χ2n) is 7.34. The first-order valence-electron chi connectivity index (χ1n) is 8.72. The Morgan fingerprint density at radius 1 is 0.920 bits per heavy atom. The molecule has 1 aromatic carbocycles. The second-order valence-corrected chi connectivity index (χ2v) is 12.6. The van der Waals surface area contributed by atoms with Crippen LogP contribution in [-0.4, -0.2) is 8.07 Å². The van der Waals surface area contributed by atoms with Gasteiger partial charge in [0.15, 0.2) is 0 Å². The van der Waals surface area contributed by atoms with Crippen molar-refractivity contribution < 1.29 is 57.7 Å². The van der Waals surface area contributed by atoms with E-state index in [1.165, 1.54) is 38.5 Å². The first-order chi connectivity index (χ1) is 10.5. The summed E-state index contributed by atoms with van der Waals surface area (Å²) in [5, 5.41) is 3.45. The molecule has 25 heavy (non-hydrogen) atoms. The third-order valence-electron chi connectivity index (χ3n) is 6.01. The Balaban J connectivity index is 0.00000192. The van der Waals surface area contributed by atoms with Gasteiger partial charge in [-0.2, -0.15) is 0 Å². The molecule has 0 spiro atoms. The van der Waals surface area contributed by atoms with E-state index in [-0.39, 0.29) is 37.2 Å². The van der Waals surface area contributed by atoms with Crippen molar-refractivity contribution in [1.29, 1.82) is 0 Å². The molecule has 3 rings (SSSR count). The number of halogens is 3. The summed E-state index contributed by atoms with van der Waals surface area (Å²) in [7, 11) is -1.64. The Hall–Kier alpha value is 0.501. The summed E-state index contributed by atoms with van der Waals surface area (Å²) in [6.45, 7) is 7.45. The van der Waals surface area contributed by atoms with Gasteiger partial charge in [-0.3, -0.25) is 0 Å². The molecule has 0 amide bonds. The SMILES string of the molecule is CC1=C([Si](C)(c2ccccc2)C2CCCCC2)C(C)=[C]([Ti+3])C1.[Cl-].[Cl-].[Cl-]. The van der Waals surface area contributed by atoms with E-state index in [9.17, 15) is 0 Å². The molecule has 0 nitrogen and oxygen atoms in total. The molecule has 2 aliphatic rings. The molecule has 136 valence electrons. The molecule has 1 saturated carbocycles. The van der Waals surface area contributed by atoms with Gasteiger partial charge in [-0.1, -0.05) is 0 Å². The Kier molecular flexibility index (Phi) is 11.0. The van der Waals surface area contributed by atoms with Crippen LogP contribution in [0.3, 0.4) is 0 Å². The molecular weight excluding hydrogens is 423 g/mol. The number of rotatable bonds is 3. The topological polar surface area (TPSA) is 0 Å². The van der Waals surface area contributed by atoms with Gasteiger partial charge in [0.05, 0.1) is 0 Å². The summed E-state index contributed by atoms with van der Waals surface area (Å²) in [6.07, 6.45) is 8.43. The average molecular weight is 450 g/mol. The van der Waals surface area contributed by atoms with Crippen molar-refractivity contribution >= 4 is 13.3 Å². The summed E-state index contributed by atoms with van der Waals surface area (Å²) < 4.78 is 1.61. The van der Waals surface area contributed by atoms with Gasteiger partial charge in [-0.25, -0.2) is 0 Å². The first kappa shape index (κ1) is 25.5. The standard InChI is InChI=1S/C20H27Si.3ClH.Ti/c1-16-14-15-17(2)20(16)21(3,18-10-6-4-7-11-18)19-12-8-5-9-13-19;;;;/h4,6-7,10-11,19H,5,8-9,12-14H2,1-3H3;3*1H;/q;;;;+3/p-3. The van der Waals surface area contributed by atoms with E-state index in [1.807, 2.05) is 0 Å². The molecule has 1 unspecified atom stereocenters. The van der Waals surface area contributed by atoms with Crippen molar-refractivity contribution in [3.8, 4) is 0 Å². The number of benzene rings is 1. The summed E-state index contributed by atoms with van der Waals surface area (Å²) in [6, 6.07) is 11.5. The van der Waals surface area contributed by atoms with Crippen LogP contribution in [-0.2, 0) is 20.4 Å². The molecule has 2 aliphatic carbocycles. The monoisotopic (exact) mass is 448 g/mol. The largest absolute Gasteiger partial charge is 1.00 e. The van der Waals surface area contributed by atoms with E-state index in [0.717, 1.165) is 5.54 Å². The normalized spacial score (nSPS) is 20.4. The number of hydrogen-bond donors (Lipinski definition) is 0. The fourth-order valence-corrected chi connectivity index (χ4v) is 11.2. The van der Waals surface area contributed by atoms with Gasteiger partial charge in [0, 0.05) is 0 Å². The molecule has 1 aromatic rings. The zero-order valence-corrected chi connectivity index (χ0v) is 20.2. The van der Waals surface area contributed by atoms with Crippen LogP contribution in [0, 0.1) is 0 Å². The van der Waals surface area contributed by atoms with Crippen LogP contribution in [0.1, 0.15) is 52.4 Å². The third-order valence-corrected chi connectivity index (χ3v) is 12.5. The van der Waals surface area contributed by atoms with Crippen molar-refractivity contribution in [2.75, 3.05) is 0 Å². The van der Waals surface area contributed by atoms with Gasteiger partial charge in [0.2, 0.25) is 0 Å². The summed E-state index contributed by atoms with van der Waals surface area (Å²) in [5.41, 5.74) is 4.22. The van der Waals surface area contributed by atoms with Crippen molar-refractivity contribution in [3.05, 3.63) is 50.6 Å². The van der Waals surface area contributed by atoms with Gasteiger partial charge in [0.25, 0.3) is 0 Å². The minimum absolute atomic E-state index is 0. The van der Waals surface area contributed by atoms with Gasteiger partial charge in [0.1, 0.15) is 0 Å². The fraction of sp³-hybridized carbons (Fsp3) is 0.500. The smallest absolute Gasteiger partial charge is 1.00 e. The van der Waals surface area contributed by atoms with Crippen LogP contribution in [0.2, 0.25) is 12.1 Å². The quantitative estimate of drug-likeness (QED) is 0.419. The van der Waals surface area contributed by atoms with Crippen LogP contribution in [0.25, 0.3) is 0 Å². The molecule has 1 atom stereocenters. The van der Waals surface area contributed by atoms with Gasteiger partial charge in [-0.15, -0.1) is 0 Å². The zero-order chi connectivity index (χ0) is 15.7. The fourth-order valence-electron chi connectivity index (χ4n) is 4.84. The van der Waals surface area contributed by atoms with Crippen molar-refractivity contribution in [3.63, 3.8) is 0 Å². The molecule has 0 aromatic heterocycles. The van der Waals surface area contributed by atoms with E-state index in [4.69, 9.17) is 0 Å². The maximum Gasteiger partial charge on any atom is -1.00 e. The summed E-state index contributed by atoms with van der Waals surface area (Å²) in [4.78, 5) is 0. The van der Waals surface area contributed by atoms with E-state index in [0.29, 0.717) is 0 Å². The van der Waals surface area contributed by atoms with E-state index >= 15 is 0 Å². The molecule has 0 N–H and O–H groups in total. The molecule has 5 heteroatoms. The maximum atomic E-state index is 2.67. The molecule has 1 fully saturated rings. The molecule has 0 aliphatic heterocycles.